The average molecular weight is 799 g/mol. The number of furan rings is 2. The van der Waals surface area contributed by atoms with E-state index in [2.05, 4.69) is 183 Å². The Bertz CT molecular complexity index is 3450. The number of nitriles is 2. The third-order valence-electron chi connectivity index (χ3n) is 11.9. The maximum absolute atomic E-state index is 11.0. The van der Waals surface area contributed by atoms with E-state index in [1.54, 1.807) is 0 Å². The Labute approximate surface area is 358 Å². The monoisotopic (exact) mass is 798 g/mol. The van der Waals surface area contributed by atoms with Crippen LogP contribution < -0.4 is 9.80 Å². The molecule has 2 aromatic heterocycles. The summed E-state index contributed by atoms with van der Waals surface area (Å²) in [6, 6.07) is 59.8. The molecule has 0 bridgehead atoms. The number of fused-ring (bicyclic) bond motifs is 8. The summed E-state index contributed by atoms with van der Waals surface area (Å²) in [4.78, 5) is 4.52. The molecule has 0 aliphatic rings. The molecule has 0 N–H and O–H groups in total. The Hall–Kier alpha value is -8.32. The number of aryl methyl sites for hydroxylation is 4. The molecular formula is C56H38N4O2. The fraction of sp³-hybridized carbons (Fsp3) is 0.0714. The van der Waals surface area contributed by atoms with E-state index in [0.29, 0.717) is 38.7 Å². The molecule has 6 nitrogen and oxygen atoms in total. The van der Waals surface area contributed by atoms with Crippen LogP contribution in [0.2, 0.25) is 0 Å². The highest BCUT2D eigenvalue weighted by atomic mass is 16.3. The van der Waals surface area contributed by atoms with Crippen molar-refractivity contribution in [1.29, 1.82) is 10.5 Å². The third kappa shape index (κ3) is 5.92. The van der Waals surface area contributed by atoms with Crippen LogP contribution in [0.5, 0.6) is 0 Å². The van der Waals surface area contributed by atoms with Gasteiger partial charge in [0.25, 0.3) is 0 Å². The minimum absolute atomic E-state index is 0.269. The Morgan fingerprint density at radius 1 is 0.371 bits per heavy atom. The number of anilines is 6. The second-order valence-electron chi connectivity index (χ2n) is 16.4. The van der Waals surface area contributed by atoms with Gasteiger partial charge in [0.05, 0.1) is 5.56 Å². The molecule has 11 rings (SSSR count). The van der Waals surface area contributed by atoms with Crippen LogP contribution in [-0.4, -0.2) is 0 Å². The standard InChI is InChI=1S/C56H38N4O2/c1-33-19-34(2)22-45(21-33)59(41-11-7-5-8-12-41)43-17-15-37-27-47-51(29-39(37)25-43)61-55-50(32-58)56-54(49(31-57)53(47)55)48-28-38-16-18-44(26-40(38)30-52(48)62-56)60(42-13-9-6-10-14-42)46-23-35(3)20-36(4)24-46/h5-30H,1-4H3. The molecule has 0 spiro atoms. The number of nitrogens with zero attached hydrogens (tertiary/aromatic N) is 4. The van der Waals surface area contributed by atoms with Crippen LogP contribution in [0, 0.1) is 50.4 Å². The molecule has 0 unspecified atom stereocenters. The lowest BCUT2D eigenvalue weighted by Crippen LogP contribution is -2.10. The van der Waals surface area contributed by atoms with Crippen molar-refractivity contribution in [2.75, 3.05) is 9.80 Å². The van der Waals surface area contributed by atoms with E-state index in [0.717, 1.165) is 66.4 Å². The molecule has 0 amide bonds. The van der Waals surface area contributed by atoms with Crippen molar-refractivity contribution in [2.45, 2.75) is 27.7 Å². The first-order valence-electron chi connectivity index (χ1n) is 20.7. The molecule has 6 heteroatoms. The van der Waals surface area contributed by atoms with E-state index in [1.165, 1.54) is 22.3 Å². The second kappa shape index (κ2) is 14.2. The number of rotatable bonds is 6. The first-order valence-corrected chi connectivity index (χ1v) is 20.7. The molecule has 0 saturated heterocycles. The van der Waals surface area contributed by atoms with Gasteiger partial charge in [0.2, 0.25) is 0 Å². The second-order valence-corrected chi connectivity index (χ2v) is 16.4. The Morgan fingerprint density at radius 3 is 1.16 bits per heavy atom. The molecule has 0 atom stereocenters. The summed E-state index contributed by atoms with van der Waals surface area (Å²) in [5.41, 5.74) is 13.6. The van der Waals surface area contributed by atoms with E-state index in [9.17, 15) is 10.5 Å². The number of benzene rings is 9. The molecule has 9 aromatic carbocycles. The summed E-state index contributed by atoms with van der Waals surface area (Å²) < 4.78 is 13.2. The Balaban J connectivity index is 1.08. The molecule has 0 radical (unpaired) electrons. The van der Waals surface area contributed by atoms with Gasteiger partial charge in [0.15, 0.2) is 11.2 Å². The lowest BCUT2D eigenvalue weighted by atomic mass is 9.96. The van der Waals surface area contributed by atoms with Gasteiger partial charge in [-0.25, -0.2) is 0 Å². The Kier molecular flexibility index (Phi) is 8.39. The van der Waals surface area contributed by atoms with Gasteiger partial charge < -0.3 is 18.6 Å². The first-order chi connectivity index (χ1) is 30.2. The van der Waals surface area contributed by atoms with Crippen LogP contribution in [0.1, 0.15) is 33.4 Å². The van der Waals surface area contributed by atoms with Gasteiger partial charge in [-0.3, -0.25) is 0 Å². The predicted octanol–water partition coefficient (Wildman–Crippen LogP) is 15.7. The lowest BCUT2D eigenvalue weighted by molar-refractivity contribution is 0.654. The predicted molar refractivity (Wildman–Crippen MR) is 254 cm³/mol. The smallest absolute Gasteiger partial charge is 0.158 e. The first kappa shape index (κ1) is 36.7. The highest BCUT2D eigenvalue weighted by Gasteiger charge is 2.26. The zero-order valence-corrected chi connectivity index (χ0v) is 34.6. The van der Waals surface area contributed by atoms with Gasteiger partial charge in [0.1, 0.15) is 28.9 Å². The summed E-state index contributed by atoms with van der Waals surface area (Å²) in [5.74, 6) is 0. The molecule has 294 valence electrons. The minimum Gasteiger partial charge on any atom is -0.454 e. The van der Waals surface area contributed by atoms with Crippen molar-refractivity contribution in [2.24, 2.45) is 0 Å². The van der Waals surface area contributed by atoms with E-state index >= 15 is 0 Å². The van der Waals surface area contributed by atoms with E-state index in [4.69, 9.17) is 8.83 Å². The summed E-state index contributed by atoms with van der Waals surface area (Å²) >= 11 is 0. The maximum atomic E-state index is 11.0. The van der Waals surface area contributed by atoms with Crippen molar-refractivity contribution in [3.05, 3.63) is 191 Å². The van der Waals surface area contributed by atoms with Crippen molar-refractivity contribution < 1.29 is 8.83 Å². The quantitative estimate of drug-likeness (QED) is 0.167. The molecular weight excluding hydrogens is 761 g/mol. The van der Waals surface area contributed by atoms with Gasteiger partial charge in [-0.2, -0.15) is 10.5 Å². The number of para-hydroxylation sites is 2. The number of hydrogen-bond donors (Lipinski definition) is 0. The van der Waals surface area contributed by atoms with E-state index in [-0.39, 0.29) is 5.56 Å². The molecule has 11 aromatic rings. The van der Waals surface area contributed by atoms with Crippen LogP contribution in [0.15, 0.2) is 167 Å². The van der Waals surface area contributed by atoms with Crippen LogP contribution in [0.4, 0.5) is 34.1 Å². The van der Waals surface area contributed by atoms with E-state index in [1.807, 2.05) is 24.3 Å². The number of hydrogen-bond acceptors (Lipinski definition) is 6. The largest absolute Gasteiger partial charge is 0.454 e. The fourth-order valence-electron chi connectivity index (χ4n) is 9.43. The van der Waals surface area contributed by atoms with Crippen LogP contribution in [-0.2, 0) is 0 Å². The van der Waals surface area contributed by atoms with Crippen molar-refractivity contribution in [1.82, 2.24) is 0 Å². The van der Waals surface area contributed by atoms with E-state index < -0.39 is 0 Å². The molecule has 2 heterocycles. The van der Waals surface area contributed by atoms with Crippen molar-refractivity contribution >= 4 is 99.5 Å². The Morgan fingerprint density at radius 2 is 0.774 bits per heavy atom. The highest BCUT2D eigenvalue weighted by Crippen LogP contribution is 2.46. The summed E-state index contributed by atoms with van der Waals surface area (Å²) in [7, 11) is 0. The normalized spacial score (nSPS) is 11.5. The molecule has 62 heavy (non-hydrogen) atoms. The van der Waals surface area contributed by atoms with Crippen LogP contribution >= 0.6 is 0 Å². The zero-order chi connectivity index (χ0) is 42.2. The SMILES string of the molecule is Cc1cc(C)cc(N(c2ccccc2)c2ccc3cc4c(cc3c2)oc2c(C#N)c3oc5cc6cc(N(c7ccccc7)c7cc(C)cc(C)c7)ccc6cc5c3c(C#N)c24)c1. The molecule has 0 saturated carbocycles. The van der Waals surface area contributed by atoms with Gasteiger partial charge in [0, 0.05) is 55.7 Å². The molecule has 0 aliphatic carbocycles. The lowest BCUT2D eigenvalue weighted by Gasteiger charge is -2.26. The zero-order valence-electron chi connectivity index (χ0n) is 34.6. The summed E-state index contributed by atoms with van der Waals surface area (Å²) in [6.07, 6.45) is 0. The maximum Gasteiger partial charge on any atom is 0.158 e. The third-order valence-corrected chi connectivity index (χ3v) is 11.9. The van der Waals surface area contributed by atoms with Crippen molar-refractivity contribution in [3.8, 4) is 12.1 Å². The van der Waals surface area contributed by atoms with Crippen molar-refractivity contribution in [3.63, 3.8) is 0 Å². The van der Waals surface area contributed by atoms with Gasteiger partial charge in [-0.05, 0) is 169 Å². The molecule has 0 fully saturated rings. The van der Waals surface area contributed by atoms with Crippen LogP contribution in [0.3, 0.4) is 0 Å². The highest BCUT2D eigenvalue weighted by molar-refractivity contribution is 6.24. The fourth-order valence-corrected chi connectivity index (χ4v) is 9.43. The van der Waals surface area contributed by atoms with Gasteiger partial charge >= 0.3 is 0 Å². The van der Waals surface area contributed by atoms with Gasteiger partial charge in [-0.15, -0.1) is 0 Å². The topological polar surface area (TPSA) is 80.3 Å². The minimum atomic E-state index is 0.269. The summed E-state index contributed by atoms with van der Waals surface area (Å²) in [6.45, 7) is 8.48. The average Bonchev–Trinajstić information content (AvgIpc) is 3.82. The van der Waals surface area contributed by atoms with Crippen LogP contribution in [0.25, 0.3) is 65.4 Å². The summed E-state index contributed by atoms with van der Waals surface area (Å²) in [5, 5.41) is 28.4. The van der Waals surface area contributed by atoms with Gasteiger partial charge in [-0.1, -0.05) is 60.7 Å². The molecule has 0 aliphatic heterocycles.